The van der Waals surface area contributed by atoms with Gasteiger partial charge in [-0.05, 0) is 25.8 Å². The Labute approximate surface area is 117 Å². The number of sulfonamides is 1. The van der Waals surface area contributed by atoms with Crippen LogP contribution in [0.5, 0.6) is 0 Å². The molecule has 8 heteroatoms. The number of aromatic nitrogens is 1. The summed E-state index contributed by atoms with van der Waals surface area (Å²) in [5, 5.41) is 0. The Balaban J connectivity index is 2.09. The molecule has 0 aromatic carbocycles. The number of nitrogens with one attached hydrogen (secondary N) is 2. The van der Waals surface area contributed by atoms with Gasteiger partial charge in [0.05, 0.1) is 10.9 Å². The highest BCUT2D eigenvalue weighted by molar-refractivity contribution is 7.89. The summed E-state index contributed by atoms with van der Waals surface area (Å²) in [6.07, 6.45) is 3.01. The Morgan fingerprint density at radius 2 is 2.00 bits per heavy atom. The highest BCUT2D eigenvalue weighted by Crippen LogP contribution is 2.11. The number of pyridine rings is 1. The van der Waals surface area contributed by atoms with E-state index < -0.39 is 16.1 Å². The largest absolute Gasteiger partial charge is 0.341 e. The van der Waals surface area contributed by atoms with Crippen LogP contribution in [-0.2, 0) is 14.8 Å². The quantitative estimate of drug-likeness (QED) is 0.794. The van der Waals surface area contributed by atoms with Gasteiger partial charge in [-0.25, -0.2) is 8.42 Å². The number of H-pyrrole nitrogens is 1. The molecule has 0 radical (unpaired) electrons. The predicted octanol–water partition coefficient (Wildman–Crippen LogP) is -0.336. The van der Waals surface area contributed by atoms with Crippen LogP contribution in [0, 0.1) is 0 Å². The Bertz CT molecular complexity index is 626. The number of nitrogens with zero attached hydrogens (tertiary/aromatic N) is 1. The molecule has 2 N–H and O–H groups in total. The monoisotopic (exact) mass is 299 g/mol. The molecule has 1 amide bonds. The Morgan fingerprint density at radius 1 is 1.35 bits per heavy atom. The van der Waals surface area contributed by atoms with Gasteiger partial charge in [0, 0.05) is 25.4 Å². The molecule has 1 aromatic heterocycles. The number of rotatable bonds is 4. The molecule has 1 aliphatic heterocycles. The number of carbonyl (C=O) groups is 1. The van der Waals surface area contributed by atoms with Crippen LogP contribution in [-0.4, -0.2) is 43.3 Å². The van der Waals surface area contributed by atoms with Gasteiger partial charge in [0.25, 0.3) is 0 Å². The van der Waals surface area contributed by atoms with Crippen LogP contribution in [0.1, 0.15) is 19.8 Å². The second-order valence-corrected chi connectivity index (χ2v) is 6.48. The first kappa shape index (κ1) is 14.7. The molecule has 1 unspecified atom stereocenters. The maximum atomic E-state index is 12.1. The van der Waals surface area contributed by atoms with Crippen molar-refractivity contribution in [2.45, 2.75) is 30.7 Å². The second-order valence-electron chi connectivity index (χ2n) is 4.76. The minimum absolute atomic E-state index is 0.0711. The molecule has 7 nitrogen and oxygen atoms in total. The number of carbonyl (C=O) groups excluding carboxylic acids is 1. The molecule has 0 saturated carbocycles. The number of likely N-dealkylation sites (tertiary alicyclic amines) is 1. The molecular formula is C12H17N3O4S. The molecule has 1 fully saturated rings. The number of aromatic amines is 1. The molecule has 2 rings (SSSR count). The second kappa shape index (κ2) is 5.76. The van der Waals surface area contributed by atoms with Gasteiger partial charge in [-0.1, -0.05) is 0 Å². The van der Waals surface area contributed by atoms with Gasteiger partial charge in [0.1, 0.15) is 0 Å². The Kier molecular flexibility index (Phi) is 4.24. The predicted molar refractivity (Wildman–Crippen MR) is 72.7 cm³/mol. The first-order chi connectivity index (χ1) is 9.40. The van der Waals surface area contributed by atoms with Gasteiger partial charge < -0.3 is 9.88 Å². The van der Waals surface area contributed by atoms with Crippen molar-refractivity contribution in [3.05, 3.63) is 28.7 Å². The fraction of sp³-hybridized carbons (Fsp3) is 0.500. The summed E-state index contributed by atoms with van der Waals surface area (Å²) in [5.74, 6) is -0.226. The molecule has 20 heavy (non-hydrogen) atoms. The summed E-state index contributed by atoms with van der Waals surface area (Å²) < 4.78 is 26.5. The third-order valence-electron chi connectivity index (χ3n) is 3.19. The van der Waals surface area contributed by atoms with E-state index in [-0.39, 0.29) is 16.4 Å². The summed E-state index contributed by atoms with van der Waals surface area (Å²) in [5.41, 5.74) is -0.384. The van der Waals surface area contributed by atoms with Crippen molar-refractivity contribution in [3.8, 4) is 0 Å². The molecule has 2 heterocycles. The molecule has 1 atom stereocenters. The Morgan fingerprint density at radius 3 is 2.55 bits per heavy atom. The lowest BCUT2D eigenvalue weighted by Gasteiger charge is -2.21. The molecule has 0 aliphatic carbocycles. The maximum absolute atomic E-state index is 12.1. The number of hydrogen-bond donors (Lipinski definition) is 2. The van der Waals surface area contributed by atoms with E-state index in [4.69, 9.17) is 0 Å². The van der Waals surface area contributed by atoms with E-state index in [1.165, 1.54) is 13.0 Å². The first-order valence-electron chi connectivity index (χ1n) is 6.40. The van der Waals surface area contributed by atoms with Crippen molar-refractivity contribution in [2.75, 3.05) is 13.1 Å². The molecule has 1 aliphatic rings. The smallest absolute Gasteiger partial charge is 0.247 e. The van der Waals surface area contributed by atoms with Crippen molar-refractivity contribution in [2.24, 2.45) is 0 Å². The first-order valence-corrected chi connectivity index (χ1v) is 7.88. The average molecular weight is 299 g/mol. The third kappa shape index (κ3) is 3.26. The van der Waals surface area contributed by atoms with Gasteiger partial charge in [0.15, 0.2) is 0 Å². The van der Waals surface area contributed by atoms with E-state index in [2.05, 4.69) is 9.71 Å². The topological polar surface area (TPSA) is 99.3 Å². The fourth-order valence-corrected chi connectivity index (χ4v) is 3.29. The summed E-state index contributed by atoms with van der Waals surface area (Å²) in [7, 11) is -3.82. The van der Waals surface area contributed by atoms with E-state index in [1.807, 2.05) is 0 Å². The summed E-state index contributed by atoms with van der Waals surface area (Å²) >= 11 is 0. The minimum Gasteiger partial charge on any atom is -0.341 e. The van der Waals surface area contributed by atoms with Crippen molar-refractivity contribution in [3.63, 3.8) is 0 Å². The maximum Gasteiger partial charge on any atom is 0.247 e. The number of amides is 1. The lowest BCUT2D eigenvalue weighted by molar-refractivity contribution is -0.131. The summed E-state index contributed by atoms with van der Waals surface area (Å²) in [6.45, 7) is 2.86. The van der Waals surface area contributed by atoms with Crippen LogP contribution < -0.4 is 10.3 Å². The van der Waals surface area contributed by atoms with E-state index in [0.29, 0.717) is 13.1 Å². The highest BCUT2D eigenvalue weighted by atomic mass is 32.2. The molecule has 110 valence electrons. The molecule has 1 saturated heterocycles. The van der Waals surface area contributed by atoms with Crippen molar-refractivity contribution in [1.29, 1.82) is 0 Å². The minimum atomic E-state index is -3.82. The SMILES string of the molecule is CC(NS(=O)(=O)c1ccc(=O)[nH]c1)C(=O)N1CCCC1. The van der Waals surface area contributed by atoms with Gasteiger partial charge in [-0.15, -0.1) is 0 Å². The average Bonchev–Trinajstić information content (AvgIpc) is 2.91. The van der Waals surface area contributed by atoms with Gasteiger partial charge in [-0.2, -0.15) is 4.72 Å². The van der Waals surface area contributed by atoms with E-state index in [1.54, 1.807) is 4.90 Å². The van der Waals surface area contributed by atoms with Crippen LogP contribution >= 0.6 is 0 Å². The van der Waals surface area contributed by atoms with Gasteiger partial charge in [-0.3, -0.25) is 9.59 Å². The van der Waals surface area contributed by atoms with E-state index in [0.717, 1.165) is 25.1 Å². The molecule has 1 aromatic rings. The highest BCUT2D eigenvalue weighted by Gasteiger charge is 2.27. The van der Waals surface area contributed by atoms with Gasteiger partial charge >= 0.3 is 0 Å². The third-order valence-corrected chi connectivity index (χ3v) is 4.72. The summed E-state index contributed by atoms with van der Waals surface area (Å²) in [4.78, 5) is 26.8. The van der Waals surface area contributed by atoms with Crippen LogP contribution in [0.4, 0.5) is 0 Å². The van der Waals surface area contributed by atoms with Crippen molar-refractivity contribution >= 4 is 15.9 Å². The lowest BCUT2D eigenvalue weighted by Crippen LogP contribution is -2.45. The Hall–Kier alpha value is -1.67. The lowest BCUT2D eigenvalue weighted by atomic mass is 10.3. The van der Waals surface area contributed by atoms with E-state index >= 15 is 0 Å². The van der Waals surface area contributed by atoms with Crippen molar-refractivity contribution in [1.82, 2.24) is 14.6 Å². The standard InChI is InChI=1S/C12H17N3O4S/c1-9(12(17)15-6-2-3-7-15)14-20(18,19)10-4-5-11(16)13-8-10/h4-5,8-9,14H,2-3,6-7H2,1H3,(H,13,16). The summed E-state index contributed by atoms with van der Waals surface area (Å²) in [6, 6.07) is 1.50. The van der Waals surface area contributed by atoms with Crippen molar-refractivity contribution < 1.29 is 13.2 Å². The zero-order valence-corrected chi connectivity index (χ0v) is 11.9. The van der Waals surface area contributed by atoms with Crippen LogP contribution in [0.25, 0.3) is 0 Å². The number of hydrogen-bond acceptors (Lipinski definition) is 4. The zero-order chi connectivity index (χ0) is 14.8. The van der Waals surface area contributed by atoms with Gasteiger partial charge in [0.2, 0.25) is 21.5 Å². The van der Waals surface area contributed by atoms with E-state index in [9.17, 15) is 18.0 Å². The fourth-order valence-electron chi connectivity index (χ4n) is 2.13. The molecule has 0 bridgehead atoms. The van der Waals surface area contributed by atoms with Crippen LogP contribution in [0.3, 0.4) is 0 Å². The van der Waals surface area contributed by atoms with Crippen LogP contribution in [0.2, 0.25) is 0 Å². The normalized spacial score (nSPS) is 17.1. The van der Waals surface area contributed by atoms with Crippen LogP contribution in [0.15, 0.2) is 28.0 Å². The zero-order valence-electron chi connectivity index (χ0n) is 11.1. The molecule has 0 spiro atoms. The molecular weight excluding hydrogens is 282 g/mol.